The van der Waals surface area contributed by atoms with Crippen molar-refractivity contribution in [3.8, 4) is 0 Å². The van der Waals surface area contributed by atoms with Crippen LogP contribution >= 0.6 is 0 Å². The van der Waals surface area contributed by atoms with Crippen molar-refractivity contribution in [2.45, 2.75) is 31.6 Å². The summed E-state index contributed by atoms with van der Waals surface area (Å²) in [6, 6.07) is 10.5. The highest BCUT2D eigenvalue weighted by molar-refractivity contribution is 5.87. The number of urea groups is 1. The monoisotopic (exact) mass is 327 g/mol. The Balaban J connectivity index is 1.49. The van der Waals surface area contributed by atoms with Crippen molar-refractivity contribution in [3.05, 3.63) is 35.9 Å². The topological polar surface area (TPSA) is 52.7 Å². The maximum Gasteiger partial charge on any atom is 0.319 e. The van der Waals surface area contributed by atoms with Crippen LogP contribution < -0.4 is 5.32 Å². The van der Waals surface area contributed by atoms with E-state index in [9.17, 15) is 9.59 Å². The van der Waals surface area contributed by atoms with E-state index in [0.717, 1.165) is 38.8 Å². The molecule has 0 unspecified atom stereocenters. The molecule has 5 nitrogen and oxygen atoms in total. The van der Waals surface area contributed by atoms with Gasteiger partial charge in [-0.05, 0) is 31.2 Å². The number of rotatable bonds is 1. The molecule has 24 heavy (non-hydrogen) atoms. The fourth-order valence-electron chi connectivity index (χ4n) is 4.63. The van der Waals surface area contributed by atoms with E-state index in [1.165, 1.54) is 5.56 Å². The van der Waals surface area contributed by atoms with Gasteiger partial charge in [-0.15, -0.1) is 0 Å². The minimum Gasteiger partial charge on any atom is -0.355 e. The van der Waals surface area contributed by atoms with Crippen molar-refractivity contribution in [2.75, 3.05) is 32.7 Å². The molecular weight excluding hydrogens is 302 g/mol. The van der Waals surface area contributed by atoms with E-state index < -0.39 is 0 Å². The average Bonchev–Trinajstić information content (AvgIpc) is 3.26. The van der Waals surface area contributed by atoms with Gasteiger partial charge in [-0.3, -0.25) is 4.79 Å². The molecule has 1 aromatic rings. The molecule has 1 spiro atoms. The van der Waals surface area contributed by atoms with Crippen LogP contribution in [-0.4, -0.2) is 54.5 Å². The van der Waals surface area contributed by atoms with Crippen molar-refractivity contribution in [1.29, 1.82) is 0 Å². The Kier molecular flexibility index (Phi) is 3.94. The highest BCUT2D eigenvalue weighted by Gasteiger charge is 2.52. The van der Waals surface area contributed by atoms with Crippen molar-refractivity contribution in [2.24, 2.45) is 5.41 Å². The van der Waals surface area contributed by atoms with E-state index >= 15 is 0 Å². The quantitative estimate of drug-likeness (QED) is 0.860. The summed E-state index contributed by atoms with van der Waals surface area (Å²) in [5.41, 5.74) is 0.888. The second-order valence-corrected chi connectivity index (χ2v) is 7.29. The molecule has 3 fully saturated rings. The standard InChI is InChI=1S/C19H25N3O2/c23-17-19(16(14-20-17)15-6-2-1-3-7-15)8-12-22(13-9-19)18(24)21-10-4-5-11-21/h1-3,6-7,16H,4-5,8-14H2,(H,20,23)/t16-/m0/s1. The van der Waals surface area contributed by atoms with Gasteiger partial charge in [0.05, 0.1) is 5.41 Å². The molecule has 3 aliphatic rings. The predicted octanol–water partition coefficient (Wildman–Crippen LogP) is 2.20. The van der Waals surface area contributed by atoms with Crippen LogP contribution in [0.2, 0.25) is 0 Å². The number of likely N-dealkylation sites (tertiary alicyclic amines) is 2. The first-order chi connectivity index (χ1) is 11.7. The number of piperidine rings is 1. The summed E-state index contributed by atoms with van der Waals surface area (Å²) in [5, 5.41) is 3.08. The van der Waals surface area contributed by atoms with Gasteiger partial charge >= 0.3 is 6.03 Å². The molecule has 3 saturated heterocycles. The smallest absolute Gasteiger partial charge is 0.319 e. The molecule has 0 aliphatic carbocycles. The Morgan fingerprint density at radius 1 is 1.00 bits per heavy atom. The van der Waals surface area contributed by atoms with E-state index in [0.29, 0.717) is 19.6 Å². The highest BCUT2D eigenvalue weighted by atomic mass is 16.2. The lowest BCUT2D eigenvalue weighted by molar-refractivity contribution is -0.130. The highest BCUT2D eigenvalue weighted by Crippen LogP contribution is 2.47. The van der Waals surface area contributed by atoms with Crippen molar-refractivity contribution in [3.63, 3.8) is 0 Å². The number of carbonyl (C=O) groups excluding carboxylic acids is 2. The minimum absolute atomic E-state index is 0.164. The van der Waals surface area contributed by atoms with Crippen molar-refractivity contribution in [1.82, 2.24) is 15.1 Å². The third-order valence-corrected chi connectivity index (χ3v) is 6.09. The number of nitrogens with zero attached hydrogens (tertiary/aromatic N) is 2. The molecule has 1 aromatic carbocycles. The normalized spacial score (nSPS) is 26.0. The summed E-state index contributed by atoms with van der Waals surface area (Å²) >= 11 is 0. The Hall–Kier alpha value is -2.04. The van der Waals surface area contributed by atoms with Crippen LogP contribution in [0.1, 0.15) is 37.2 Å². The van der Waals surface area contributed by atoms with Gasteiger partial charge in [0.2, 0.25) is 5.91 Å². The van der Waals surface area contributed by atoms with E-state index in [2.05, 4.69) is 17.4 Å². The van der Waals surface area contributed by atoms with Crippen LogP contribution in [0.3, 0.4) is 0 Å². The zero-order valence-corrected chi connectivity index (χ0v) is 14.0. The molecule has 1 atom stereocenters. The fourth-order valence-corrected chi connectivity index (χ4v) is 4.63. The zero-order valence-electron chi connectivity index (χ0n) is 14.0. The van der Waals surface area contributed by atoms with Crippen LogP contribution in [0, 0.1) is 5.41 Å². The second kappa shape index (κ2) is 6.11. The Morgan fingerprint density at radius 2 is 1.62 bits per heavy atom. The van der Waals surface area contributed by atoms with Gasteiger partial charge in [-0.1, -0.05) is 30.3 Å². The van der Waals surface area contributed by atoms with Gasteiger partial charge in [-0.2, -0.15) is 0 Å². The van der Waals surface area contributed by atoms with E-state index in [1.807, 2.05) is 28.0 Å². The molecule has 0 radical (unpaired) electrons. The first kappa shape index (κ1) is 15.5. The van der Waals surface area contributed by atoms with Crippen LogP contribution in [0.5, 0.6) is 0 Å². The van der Waals surface area contributed by atoms with Gasteiger partial charge in [-0.25, -0.2) is 4.79 Å². The second-order valence-electron chi connectivity index (χ2n) is 7.29. The molecular formula is C19H25N3O2. The van der Waals surface area contributed by atoms with Gasteiger partial charge in [0.1, 0.15) is 0 Å². The molecule has 1 N–H and O–H groups in total. The van der Waals surface area contributed by atoms with Crippen LogP contribution in [0.15, 0.2) is 30.3 Å². The van der Waals surface area contributed by atoms with Gasteiger partial charge in [0, 0.05) is 38.6 Å². The number of nitrogens with one attached hydrogen (secondary N) is 1. The fraction of sp³-hybridized carbons (Fsp3) is 0.579. The SMILES string of the molecule is O=C(N1CCCC1)N1CCC2(CC1)C(=O)NC[C@H]2c1ccccc1. The Labute approximate surface area is 143 Å². The number of hydrogen-bond acceptors (Lipinski definition) is 2. The van der Waals surface area contributed by atoms with E-state index in [4.69, 9.17) is 0 Å². The average molecular weight is 327 g/mol. The van der Waals surface area contributed by atoms with Crippen LogP contribution in [0.25, 0.3) is 0 Å². The van der Waals surface area contributed by atoms with Gasteiger partial charge in [0.25, 0.3) is 0 Å². The first-order valence-electron chi connectivity index (χ1n) is 9.08. The molecule has 0 aromatic heterocycles. The molecule has 3 heterocycles. The number of benzene rings is 1. The molecule has 128 valence electrons. The summed E-state index contributed by atoms with van der Waals surface area (Å²) in [6.07, 6.45) is 3.75. The lowest BCUT2D eigenvalue weighted by Crippen LogP contribution is -2.51. The molecule has 5 heteroatoms. The number of hydrogen-bond donors (Lipinski definition) is 1. The third-order valence-electron chi connectivity index (χ3n) is 6.09. The summed E-state index contributed by atoms with van der Waals surface area (Å²) in [5.74, 6) is 0.389. The summed E-state index contributed by atoms with van der Waals surface area (Å²) in [7, 11) is 0. The first-order valence-corrected chi connectivity index (χ1v) is 9.08. The number of carbonyl (C=O) groups is 2. The summed E-state index contributed by atoms with van der Waals surface area (Å²) in [6.45, 7) is 3.85. The van der Waals surface area contributed by atoms with Crippen LogP contribution in [0.4, 0.5) is 4.79 Å². The predicted molar refractivity (Wildman–Crippen MR) is 91.6 cm³/mol. The van der Waals surface area contributed by atoms with Gasteiger partial charge < -0.3 is 15.1 Å². The minimum atomic E-state index is -0.344. The van der Waals surface area contributed by atoms with Crippen molar-refractivity contribution >= 4 is 11.9 Å². The molecule has 3 aliphatic heterocycles. The van der Waals surface area contributed by atoms with E-state index in [-0.39, 0.29) is 23.3 Å². The molecule has 3 amide bonds. The van der Waals surface area contributed by atoms with E-state index in [1.54, 1.807) is 0 Å². The summed E-state index contributed by atoms with van der Waals surface area (Å²) in [4.78, 5) is 29.1. The van der Waals surface area contributed by atoms with Gasteiger partial charge in [0.15, 0.2) is 0 Å². The maximum absolute atomic E-state index is 12.6. The lowest BCUT2D eigenvalue weighted by Gasteiger charge is -2.42. The summed E-state index contributed by atoms with van der Waals surface area (Å²) < 4.78 is 0. The number of amides is 3. The third kappa shape index (κ3) is 2.46. The largest absolute Gasteiger partial charge is 0.355 e. The molecule has 4 rings (SSSR count). The maximum atomic E-state index is 12.6. The lowest BCUT2D eigenvalue weighted by atomic mass is 9.68. The Bertz CT molecular complexity index is 617. The van der Waals surface area contributed by atoms with Crippen molar-refractivity contribution < 1.29 is 9.59 Å². The zero-order chi connectivity index (χ0) is 16.6. The molecule has 0 saturated carbocycles. The molecule has 0 bridgehead atoms. The Morgan fingerprint density at radius 3 is 2.29 bits per heavy atom. The van der Waals surface area contributed by atoms with Crippen LogP contribution in [-0.2, 0) is 4.79 Å².